The third kappa shape index (κ3) is 9.63. The van der Waals surface area contributed by atoms with Crippen LogP contribution in [0.25, 0.3) is 0 Å². The highest BCUT2D eigenvalue weighted by Gasteiger charge is 2.45. The molecule has 5 amide bonds. The van der Waals surface area contributed by atoms with Gasteiger partial charge in [-0.1, -0.05) is 38.8 Å². The maximum atomic E-state index is 13.9. The second kappa shape index (κ2) is 15.7. The standard InChI is InChI=1S/C31H47FN8O5/c1-19(2)24(41)39-30(3)14-6-7-17-35-26(43)23(20-10-12-21(32)13-11-20)38-28(45)31(15-4-5-16-31)40-25(42)22(37-27(30)44)9-8-18-36-29(33)34/h10-13,19,22-23H,4-9,14-18H2,1-3H3,(H,35,43)(H,37,44)(H,38,45)(H,39,41)(H,40,42)(H4,33,34,36)/t22-,23+,30+/m0/s1. The summed E-state index contributed by atoms with van der Waals surface area (Å²) in [6, 6.07) is 3.08. The molecule has 1 aromatic rings. The van der Waals surface area contributed by atoms with Crippen molar-refractivity contribution in [3.8, 4) is 0 Å². The van der Waals surface area contributed by atoms with Gasteiger partial charge in [0.1, 0.15) is 29.0 Å². The van der Waals surface area contributed by atoms with Gasteiger partial charge in [0.25, 0.3) is 0 Å². The average molecular weight is 631 g/mol. The van der Waals surface area contributed by atoms with Crippen LogP contribution in [-0.4, -0.2) is 65.7 Å². The van der Waals surface area contributed by atoms with E-state index < -0.39 is 58.5 Å². The lowest BCUT2D eigenvalue weighted by molar-refractivity contribution is -0.139. The number of nitrogens with two attached hydrogens (primary N) is 1. The molecule has 0 bridgehead atoms. The van der Waals surface area contributed by atoms with E-state index in [9.17, 15) is 28.4 Å². The number of carbonyl (C=O) groups excluding carboxylic acids is 5. The summed E-state index contributed by atoms with van der Waals surface area (Å²) in [7, 11) is 0. The normalized spacial score (nSPS) is 24.7. The molecule has 1 saturated carbocycles. The summed E-state index contributed by atoms with van der Waals surface area (Å²) in [5, 5.41) is 24.3. The molecule has 13 nitrogen and oxygen atoms in total. The quantitative estimate of drug-likeness (QED) is 0.124. The molecule has 1 aromatic carbocycles. The van der Waals surface area contributed by atoms with Crippen LogP contribution in [0.5, 0.6) is 0 Å². The minimum absolute atomic E-state index is 0.157. The van der Waals surface area contributed by atoms with E-state index in [-0.39, 0.29) is 37.8 Å². The van der Waals surface area contributed by atoms with Crippen LogP contribution in [0, 0.1) is 17.1 Å². The maximum Gasteiger partial charge on any atom is 0.247 e. The van der Waals surface area contributed by atoms with Gasteiger partial charge in [0.05, 0.1) is 0 Å². The Morgan fingerprint density at radius 3 is 2.27 bits per heavy atom. The smallest absolute Gasteiger partial charge is 0.247 e. The highest BCUT2D eigenvalue weighted by molar-refractivity contribution is 5.98. The van der Waals surface area contributed by atoms with Gasteiger partial charge in [0, 0.05) is 19.0 Å². The van der Waals surface area contributed by atoms with Gasteiger partial charge in [-0.25, -0.2) is 4.39 Å². The largest absolute Gasteiger partial charge is 0.370 e. The summed E-state index contributed by atoms with van der Waals surface area (Å²) >= 11 is 0. The van der Waals surface area contributed by atoms with Crippen molar-refractivity contribution in [1.82, 2.24) is 31.9 Å². The molecule has 0 radical (unpaired) electrons. The summed E-state index contributed by atoms with van der Waals surface area (Å²) < 4.78 is 13.7. The highest BCUT2D eigenvalue weighted by atomic mass is 19.1. The topological polar surface area (TPSA) is 207 Å². The Labute approximate surface area is 263 Å². The van der Waals surface area contributed by atoms with Crippen molar-refractivity contribution in [3.05, 3.63) is 35.6 Å². The first-order valence-corrected chi connectivity index (χ1v) is 15.6. The van der Waals surface area contributed by atoms with Crippen molar-refractivity contribution in [2.24, 2.45) is 11.7 Å². The predicted molar refractivity (Wildman–Crippen MR) is 166 cm³/mol. The van der Waals surface area contributed by atoms with Gasteiger partial charge in [0.15, 0.2) is 5.96 Å². The van der Waals surface area contributed by atoms with E-state index in [1.165, 1.54) is 24.3 Å². The Kier molecular flexibility index (Phi) is 12.3. The van der Waals surface area contributed by atoms with Crippen LogP contribution in [-0.2, 0) is 24.0 Å². The summed E-state index contributed by atoms with van der Waals surface area (Å²) in [6.45, 7) is 5.53. The van der Waals surface area contributed by atoms with E-state index in [1.807, 2.05) is 0 Å². The van der Waals surface area contributed by atoms with Crippen LogP contribution in [0.2, 0.25) is 0 Å². The molecular weight excluding hydrogens is 583 g/mol. The van der Waals surface area contributed by atoms with E-state index in [0.717, 1.165) is 0 Å². The molecule has 0 unspecified atom stereocenters. The molecule has 1 saturated heterocycles. The van der Waals surface area contributed by atoms with E-state index in [1.54, 1.807) is 20.8 Å². The zero-order valence-electron chi connectivity index (χ0n) is 26.3. The Balaban J connectivity index is 1.98. The SMILES string of the molecule is CC(C)C(=O)N[C@]1(C)CCCCNC(=O)[C@@H](c2ccc(F)cc2)NC(=O)C2(CCCC2)NC(=O)[C@H](CCCNC(=N)N)NC1=O. The fourth-order valence-corrected chi connectivity index (χ4v) is 5.62. The number of carbonyl (C=O) groups is 5. The van der Waals surface area contributed by atoms with Crippen molar-refractivity contribution in [2.75, 3.05) is 13.1 Å². The Morgan fingerprint density at radius 1 is 1.00 bits per heavy atom. The Bertz CT molecular complexity index is 1250. The lowest BCUT2D eigenvalue weighted by Gasteiger charge is -2.35. The molecule has 1 aliphatic heterocycles. The van der Waals surface area contributed by atoms with Crippen molar-refractivity contribution < 1.29 is 28.4 Å². The Morgan fingerprint density at radius 2 is 1.64 bits per heavy atom. The van der Waals surface area contributed by atoms with Crippen molar-refractivity contribution in [1.29, 1.82) is 5.41 Å². The predicted octanol–water partition coefficient (Wildman–Crippen LogP) is 0.991. The molecular formula is C31H47FN8O5. The summed E-state index contributed by atoms with van der Waals surface area (Å²) in [5.41, 5.74) is 3.07. The zero-order valence-corrected chi connectivity index (χ0v) is 26.3. The number of benzene rings is 1. The maximum absolute atomic E-state index is 13.9. The zero-order chi connectivity index (χ0) is 33.2. The molecule has 3 rings (SSSR count). The molecule has 45 heavy (non-hydrogen) atoms. The van der Waals surface area contributed by atoms with Gasteiger partial charge < -0.3 is 37.6 Å². The molecule has 14 heteroatoms. The first-order chi connectivity index (χ1) is 21.3. The van der Waals surface area contributed by atoms with Gasteiger partial charge in [-0.2, -0.15) is 0 Å². The van der Waals surface area contributed by atoms with Crippen LogP contribution < -0.4 is 37.6 Å². The molecule has 248 valence electrons. The molecule has 1 heterocycles. The fourth-order valence-electron chi connectivity index (χ4n) is 5.62. The van der Waals surface area contributed by atoms with Gasteiger partial charge >= 0.3 is 0 Å². The molecule has 9 N–H and O–H groups in total. The number of hydrogen-bond donors (Lipinski definition) is 8. The summed E-state index contributed by atoms with van der Waals surface area (Å²) in [5.74, 6) is -3.62. The van der Waals surface area contributed by atoms with Crippen molar-refractivity contribution in [3.63, 3.8) is 0 Å². The third-order valence-corrected chi connectivity index (χ3v) is 8.43. The second-order valence-electron chi connectivity index (χ2n) is 12.5. The highest BCUT2D eigenvalue weighted by Crippen LogP contribution is 2.31. The number of rotatable bonds is 7. The monoisotopic (exact) mass is 630 g/mol. The van der Waals surface area contributed by atoms with Crippen LogP contribution in [0.15, 0.2) is 24.3 Å². The van der Waals surface area contributed by atoms with Crippen LogP contribution in [0.1, 0.15) is 90.2 Å². The van der Waals surface area contributed by atoms with E-state index in [4.69, 9.17) is 11.1 Å². The summed E-state index contributed by atoms with van der Waals surface area (Å²) in [4.78, 5) is 67.7. The molecule has 1 aliphatic carbocycles. The summed E-state index contributed by atoms with van der Waals surface area (Å²) in [6.07, 6.45) is 3.59. The third-order valence-electron chi connectivity index (χ3n) is 8.43. The van der Waals surface area contributed by atoms with Gasteiger partial charge in [-0.05, 0) is 69.6 Å². The minimum atomic E-state index is -1.36. The number of hydrogen-bond acceptors (Lipinski definition) is 6. The number of nitrogens with one attached hydrogen (secondary N) is 7. The fraction of sp³-hybridized carbons (Fsp3) is 0.613. The van der Waals surface area contributed by atoms with Crippen LogP contribution in [0.3, 0.4) is 0 Å². The van der Waals surface area contributed by atoms with Gasteiger partial charge in [0.2, 0.25) is 29.5 Å². The number of amides is 5. The number of halogens is 1. The van der Waals surface area contributed by atoms with Crippen molar-refractivity contribution >= 4 is 35.5 Å². The molecule has 2 fully saturated rings. The lowest BCUT2D eigenvalue weighted by Crippen LogP contribution is -2.64. The lowest BCUT2D eigenvalue weighted by atomic mass is 9.91. The number of guanidine groups is 1. The van der Waals surface area contributed by atoms with E-state index in [2.05, 4.69) is 31.9 Å². The van der Waals surface area contributed by atoms with Crippen LogP contribution >= 0.6 is 0 Å². The molecule has 2 aliphatic rings. The first-order valence-electron chi connectivity index (χ1n) is 15.6. The average Bonchev–Trinajstić information content (AvgIpc) is 3.46. The van der Waals surface area contributed by atoms with Gasteiger partial charge in [-0.3, -0.25) is 29.4 Å². The molecule has 1 spiro atoms. The van der Waals surface area contributed by atoms with E-state index in [0.29, 0.717) is 50.5 Å². The molecule has 3 atom stereocenters. The first kappa shape index (κ1) is 35.3. The Hall–Kier alpha value is -4.23. The minimum Gasteiger partial charge on any atom is -0.370 e. The van der Waals surface area contributed by atoms with Crippen LogP contribution in [0.4, 0.5) is 4.39 Å². The van der Waals surface area contributed by atoms with Crippen molar-refractivity contribution in [2.45, 2.75) is 102 Å². The second-order valence-corrected chi connectivity index (χ2v) is 12.5. The van der Waals surface area contributed by atoms with E-state index >= 15 is 0 Å². The molecule has 0 aromatic heterocycles. The van der Waals surface area contributed by atoms with Gasteiger partial charge in [-0.15, -0.1) is 0 Å².